The molecule has 0 aromatic carbocycles. The average Bonchev–Trinajstić information content (AvgIpc) is 2.28. The molecule has 0 radical (unpaired) electrons. The fraction of sp³-hybridized carbons (Fsp3) is 0.0909. The minimum Gasteiger partial charge on any atom is -0.507 e. The lowest BCUT2D eigenvalue weighted by atomic mass is 10.1. The van der Waals surface area contributed by atoms with Crippen molar-refractivity contribution in [1.29, 1.82) is 0 Å². The minimum absolute atomic E-state index is 0.228. The Bertz CT molecular complexity index is 368. The van der Waals surface area contributed by atoms with E-state index in [-0.39, 0.29) is 5.76 Å². The topological polar surface area (TPSA) is 29.5 Å². The monoisotopic (exact) mass is 174 g/mol. The van der Waals surface area contributed by atoms with Gasteiger partial charge in [0, 0.05) is 6.08 Å². The molecule has 0 atom stereocenters. The summed E-state index contributed by atoms with van der Waals surface area (Å²) in [5.41, 5.74) is 0.748. The van der Waals surface area contributed by atoms with Crippen molar-refractivity contribution in [2.24, 2.45) is 0 Å². The molecule has 0 aromatic heterocycles. The number of ether oxygens (including phenoxy) is 1. The average molecular weight is 174 g/mol. The van der Waals surface area contributed by atoms with Crippen molar-refractivity contribution in [2.75, 3.05) is 0 Å². The first kappa shape index (κ1) is 7.92. The number of aliphatic hydroxyl groups is 1. The zero-order valence-electron chi connectivity index (χ0n) is 7.16. The Morgan fingerprint density at radius 2 is 2.31 bits per heavy atom. The van der Waals surface area contributed by atoms with Gasteiger partial charge in [-0.2, -0.15) is 0 Å². The molecule has 2 aliphatic rings. The highest BCUT2D eigenvalue weighted by molar-refractivity contribution is 5.48. The van der Waals surface area contributed by atoms with Gasteiger partial charge in [-0.15, -0.1) is 0 Å². The Morgan fingerprint density at radius 1 is 1.46 bits per heavy atom. The van der Waals surface area contributed by atoms with Crippen LogP contribution in [0.5, 0.6) is 0 Å². The van der Waals surface area contributed by atoms with Crippen LogP contribution in [-0.2, 0) is 4.74 Å². The number of hydrogen-bond donors (Lipinski definition) is 1. The number of fused-ring (bicyclic) bond motifs is 1. The van der Waals surface area contributed by atoms with Crippen molar-refractivity contribution < 1.29 is 9.84 Å². The quantitative estimate of drug-likeness (QED) is 0.611. The third-order valence-corrected chi connectivity index (χ3v) is 1.92. The van der Waals surface area contributed by atoms with E-state index in [9.17, 15) is 5.11 Å². The Hall–Kier alpha value is -1.70. The van der Waals surface area contributed by atoms with Crippen molar-refractivity contribution in [3.05, 3.63) is 59.8 Å². The van der Waals surface area contributed by atoms with Crippen molar-refractivity contribution in [3.63, 3.8) is 0 Å². The van der Waals surface area contributed by atoms with Gasteiger partial charge >= 0.3 is 0 Å². The summed E-state index contributed by atoms with van der Waals surface area (Å²) in [4.78, 5) is 0. The van der Waals surface area contributed by atoms with Gasteiger partial charge in [-0.05, 0) is 12.5 Å². The van der Waals surface area contributed by atoms with Gasteiger partial charge in [-0.25, -0.2) is 0 Å². The predicted molar refractivity (Wildman–Crippen MR) is 50.9 cm³/mol. The van der Waals surface area contributed by atoms with Gasteiger partial charge < -0.3 is 9.84 Å². The lowest BCUT2D eigenvalue weighted by Crippen LogP contribution is -2.04. The van der Waals surface area contributed by atoms with Gasteiger partial charge in [-0.3, -0.25) is 0 Å². The van der Waals surface area contributed by atoms with Gasteiger partial charge in [0.05, 0.1) is 5.57 Å². The highest BCUT2D eigenvalue weighted by atomic mass is 16.5. The predicted octanol–water partition coefficient (Wildman–Crippen LogP) is 2.74. The molecule has 2 heteroatoms. The first-order valence-electron chi connectivity index (χ1n) is 4.12. The number of rotatable bonds is 0. The van der Waals surface area contributed by atoms with Crippen LogP contribution >= 0.6 is 0 Å². The Labute approximate surface area is 76.8 Å². The van der Waals surface area contributed by atoms with Gasteiger partial charge in [0.25, 0.3) is 0 Å². The lowest BCUT2D eigenvalue weighted by molar-refractivity contribution is 0.300. The van der Waals surface area contributed by atoms with Crippen molar-refractivity contribution in [1.82, 2.24) is 0 Å². The van der Waals surface area contributed by atoms with Crippen LogP contribution in [0.2, 0.25) is 0 Å². The molecular formula is C11H10O2. The first-order chi connectivity index (χ1) is 6.27. The molecule has 0 saturated carbocycles. The minimum atomic E-state index is 0.228. The Morgan fingerprint density at radius 3 is 3.15 bits per heavy atom. The molecule has 0 amide bonds. The summed E-state index contributed by atoms with van der Waals surface area (Å²) >= 11 is 0. The van der Waals surface area contributed by atoms with Crippen molar-refractivity contribution in [3.8, 4) is 0 Å². The highest BCUT2D eigenvalue weighted by Gasteiger charge is 2.17. The molecule has 0 aromatic rings. The van der Waals surface area contributed by atoms with E-state index >= 15 is 0 Å². The summed E-state index contributed by atoms with van der Waals surface area (Å²) in [6.07, 6.45) is 9.99. The molecule has 13 heavy (non-hydrogen) atoms. The van der Waals surface area contributed by atoms with Crippen LogP contribution in [0.15, 0.2) is 59.8 Å². The summed E-state index contributed by atoms with van der Waals surface area (Å²) < 4.78 is 5.35. The second-order valence-electron chi connectivity index (χ2n) is 2.91. The molecule has 1 aliphatic carbocycles. The van der Waals surface area contributed by atoms with Crippen molar-refractivity contribution in [2.45, 2.75) is 6.42 Å². The fourth-order valence-corrected chi connectivity index (χ4v) is 1.33. The summed E-state index contributed by atoms with van der Waals surface area (Å²) in [5.74, 6) is 1.36. The zero-order chi connectivity index (χ0) is 9.26. The molecule has 0 saturated heterocycles. The fourth-order valence-electron chi connectivity index (χ4n) is 1.33. The van der Waals surface area contributed by atoms with Crippen LogP contribution in [0.1, 0.15) is 6.42 Å². The summed E-state index contributed by atoms with van der Waals surface area (Å²) in [6.45, 7) is 3.64. The van der Waals surface area contributed by atoms with Gasteiger partial charge in [0.15, 0.2) is 0 Å². The summed E-state index contributed by atoms with van der Waals surface area (Å²) in [7, 11) is 0. The Kier molecular flexibility index (Phi) is 1.81. The van der Waals surface area contributed by atoms with Gasteiger partial charge in [0.2, 0.25) is 0 Å². The van der Waals surface area contributed by atoms with Crippen LogP contribution in [-0.4, -0.2) is 5.11 Å². The van der Waals surface area contributed by atoms with E-state index in [2.05, 4.69) is 6.58 Å². The third kappa shape index (κ3) is 1.43. The third-order valence-electron chi connectivity index (χ3n) is 1.92. The van der Waals surface area contributed by atoms with Crippen LogP contribution in [0.4, 0.5) is 0 Å². The normalized spacial score (nSPS) is 20.6. The Balaban J connectivity index is 2.48. The van der Waals surface area contributed by atoms with Crippen LogP contribution in [0, 0.1) is 0 Å². The lowest BCUT2D eigenvalue weighted by Gasteiger charge is -2.17. The maximum Gasteiger partial charge on any atom is 0.138 e. The molecular weight excluding hydrogens is 164 g/mol. The first-order valence-corrected chi connectivity index (χ1v) is 4.12. The van der Waals surface area contributed by atoms with Gasteiger partial charge in [0.1, 0.15) is 17.3 Å². The maximum absolute atomic E-state index is 9.58. The van der Waals surface area contributed by atoms with Crippen molar-refractivity contribution >= 4 is 0 Å². The molecule has 1 aliphatic heterocycles. The summed E-state index contributed by atoms with van der Waals surface area (Å²) in [5, 5.41) is 9.58. The molecule has 2 nitrogen and oxygen atoms in total. The molecule has 1 N–H and O–H groups in total. The molecule has 0 fully saturated rings. The molecule has 0 spiro atoms. The van der Waals surface area contributed by atoms with E-state index in [1.807, 2.05) is 24.3 Å². The molecule has 66 valence electrons. The van der Waals surface area contributed by atoms with Crippen LogP contribution < -0.4 is 0 Å². The van der Waals surface area contributed by atoms with Crippen LogP contribution in [0.25, 0.3) is 0 Å². The number of aliphatic hydroxyl groups excluding tert-OH is 1. The largest absolute Gasteiger partial charge is 0.507 e. The molecule has 0 bridgehead atoms. The molecule has 1 heterocycles. The van der Waals surface area contributed by atoms with E-state index in [0.29, 0.717) is 11.5 Å². The number of allylic oxidation sites excluding steroid dienone is 5. The maximum atomic E-state index is 9.58. The van der Waals surface area contributed by atoms with Gasteiger partial charge in [-0.1, -0.05) is 24.8 Å². The van der Waals surface area contributed by atoms with E-state index in [0.717, 1.165) is 12.0 Å². The SMILES string of the molecule is C=C1C=C(O)C2=CCC=CC=C2O1. The number of hydrogen-bond acceptors (Lipinski definition) is 2. The zero-order valence-corrected chi connectivity index (χ0v) is 7.16. The summed E-state index contributed by atoms with van der Waals surface area (Å²) in [6, 6.07) is 0. The smallest absolute Gasteiger partial charge is 0.138 e. The van der Waals surface area contributed by atoms with E-state index in [4.69, 9.17) is 4.74 Å². The molecule has 2 rings (SSSR count). The van der Waals surface area contributed by atoms with Crippen LogP contribution in [0.3, 0.4) is 0 Å². The van der Waals surface area contributed by atoms with E-state index < -0.39 is 0 Å². The second-order valence-corrected chi connectivity index (χ2v) is 2.91. The van der Waals surface area contributed by atoms with E-state index in [1.54, 1.807) is 0 Å². The standard InChI is InChI=1S/C11H10O2/c1-8-7-10(12)9-5-3-2-4-6-11(9)13-8/h2,4-7,12H,1,3H2. The molecule has 0 unspecified atom stereocenters. The second kappa shape index (κ2) is 2.98. The highest BCUT2D eigenvalue weighted by Crippen LogP contribution is 2.29. The van der Waals surface area contributed by atoms with E-state index in [1.165, 1.54) is 6.08 Å².